The minimum atomic E-state index is -0.265. The fraction of sp³-hybridized carbons (Fsp3) is 0.344. The third-order valence-corrected chi connectivity index (χ3v) is 6.92. The van der Waals surface area contributed by atoms with Crippen LogP contribution < -0.4 is 24.8 Å². The van der Waals surface area contributed by atoms with Crippen LogP contribution in [0.5, 0.6) is 17.2 Å². The summed E-state index contributed by atoms with van der Waals surface area (Å²) in [5.74, 6) is 2.38. The van der Waals surface area contributed by atoms with Crippen LogP contribution in [0.15, 0.2) is 78.0 Å². The predicted octanol–water partition coefficient (Wildman–Crippen LogP) is 7.25. The van der Waals surface area contributed by atoms with Crippen molar-refractivity contribution in [2.24, 2.45) is 0 Å². The minimum Gasteiger partial charge on any atom is -0.493 e. The standard InChI is InChI=1S/C32H36N2O4/c1-19(2)37-24-13-10-21(11-14-24)32-31-27(33-25-8-6-7-9-26(25)34-32)16-23(17-28(31)35)22-12-15-29(38-20(3)4)30(18-22)36-5/h6-15,18-20,23,32-34H,16-17H2,1-5H3. The van der Waals surface area contributed by atoms with Crippen LogP contribution in [-0.2, 0) is 4.79 Å². The van der Waals surface area contributed by atoms with Crippen molar-refractivity contribution in [1.82, 2.24) is 0 Å². The summed E-state index contributed by atoms with van der Waals surface area (Å²) in [4.78, 5) is 13.9. The molecule has 1 heterocycles. The van der Waals surface area contributed by atoms with Crippen LogP contribution in [0.25, 0.3) is 0 Å². The Hall–Kier alpha value is -3.93. The van der Waals surface area contributed by atoms with Gasteiger partial charge in [0.25, 0.3) is 0 Å². The first-order chi connectivity index (χ1) is 18.3. The van der Waals surface area contributed by atoms with E-state index in [0.29, 0.717) is 17.9 Å². The van der Waals surface area contributed by atoms with Gasteiger partial charge in [-0.2, -0.15) is 0 Å². The van der Waals surface area contributed by atoms with Crippen molar-refractivity contribution < 1.29 is 19.0 Å². The molecule has 0 aromatic heterocycles. The largest absolute Gasteiger partial charge is 0.493 e. The molecule has 1 aliphatic heterocycles. The number of ether oxygens (including phenoxy) is 3. The van der Waals surface area contributed by atoms with Crippen LogP contribution in [0.2, 0.25) is 0 Å². The lowest BCUT2D eigenvalue weighted by Gasteiger charge is -2.30. The lowest BCUT2D eigenvalue weighted by Crippen LogP contribution is -2.27. The zero-order valence-corrected chi connectivity index (χ0v) is 22.7. The van der Waals surface area contributed by atoms with Gasteiger partial charge in [0.2, 0.25) is 0 Å². The number of benzene rings is 3. The molecule has 198 valence electrons. The number of ketones is 1. The molecule has 1 aliphatic carbocycles. The van der Waals surface area contributed by atoms with Gasteiger partial charge in [-0.15, -0.1) is 0 Å². The molecule has 0 saturated heterocycles. The van der Waals surface area contributed by atoms with Crippen molar-refractivity contribution in [3.05, 3.63) is 89.1 Å². The average molecular weight is 513 g/mol. The summed E-state index contributed by atoms with van der Waals surface area (Å²) in [5, 5.41) is 7.26. The molecule has 5 rings (SSSR count). The summed E-state index contributed by atoms with van der Waals surface area (Å²) in [6.45, 7) is 8.01. The number of carbonyl (C=O) groups excluding carboxylic acids is 1. The highest BCUT2D eigenvalue weighted by atomic mass is 16.5. The number of fused-ring (bicyclic) bond motifs is 1. The van der Waals surface area contributed by atoms with Gasteiger partial charge in [0.05, 0.1) is 36.7 Å². The number of methoxy groups -OCH3 is 1. The third kappa shape index (κ3) is 5.35. The molecule has 0 fully saturated rings. The zero-order valence-electron chi connectivity index (χ0n) is 22.7. The van der Waals surface area contributed by atoms with E-state index in [1.165, 1.54) is 0 Å². The van der Waals surface area contributed by atoms with E-state index in [1.807, 2.05) is 88.4 Å². The van der Waals surface area contributed by atoms with Crippen LogP contribution in [0.3, 0.4) is 0 Å². The Kier molecular flexibility index (Phi) is 7.32. The monoisotopic (exact) mass is 512 g/mol. The number of nitrogens with one attached hydrogen (secondary N) is 2. The SMILES string of the molecule is COc1cc(C2CC(=O)C3=C(C2)Nc2ccccc2NC3c2ccc(OC(C)C)cc2)ccc1OC(C)C. The second kappa shape index (κ2) is 10.8. The number of hydrogen-bond donors (Lipinski definition) is 2. The first kappa shape index (κ1) is 25.7. The van der Waals surface area contributed by atoms with Crippen LogP contribution in [0.1, 0.15) is 63.6 Å². The van der Waals surface area contributed by atoms with Crippen molar-refractivity contribution >= 4 is 17.2 Å². The Bertz CT molecular complexity index is 1340. The fourth-order valence-electron chi connectivity index (χ4n) is 5.28. The van der Waals surface area contributed by atoms with Crippen molar-refractivity contribution in [3.63, 3.8) is 0 Å². The normalized spacial score (nSPS) is 18.8. The van der Waals surface area contributed by atoms with E-state index in [-0.39, 0.29) is 30.0 Å². The Labute approximate surface area is 225 Å². The molecule has 2 unspecified atom stereocenters. The number of allylic oxidation sites excluding steroid dienone is 1. The lowest BCUT2D eigenvalue weighted by atomic mass is 9.78. The first-order valence-electron chi connectivity index (χ1n) is 13.3. The van der Waals surface area contributed by atoms with Gasteiger partial charge < -0.3 is 24.8 Å². The number of rotatable bonds is 7. The van der Waals surface area contributed by atoms with E-state index >= 15 is 0 Å². The average Bonchev–Trinajstić information content (AvgIpc) is 3.05. The van der Waals surface area contributed by atoms with Gasteiger partial charge in [-0.3, -0.25) is 4.79 Å². The maximum atomic E-state index is 13.9. The molecule has 0 saturated carbocycles. The number of anilines is 2. The highest BCUT2D eigenvalue weighted by Crippen LogP contribution is 2.45. The molecule has 6 heteroatoms. The molecule has 0 amide bonds. The second-order valence-electron chi connectivity index (χ2n) is 10.5. The third-order valence-electron chi connectivity index (χ3n) is 6.92. The molecule has 2 N–H and O–H groups in total. The summed E-state index contributed by atoms with van der Waals surface area (Å²) in [6.07, 6.45) is 1.29. The fourth-order valence-corrected chi connectivity index (χ4v) is 5.28. The number of Topliss-reactive ketones (excluding diaryl/α,β-unsaturated/α-hetero) is 1. The van der Waals surface area contributed by atoms with E-state index in [0.717, 1.165) is 45.9 Å². The molecule has 3 aromatic carbocycles. The van der Waals surface area contributed by atoms with E-state index in [1.54, 1.807) is 7.11 Å². The molecule has 2 aliphatic rings. The predicted molar refractivity (Wildman–Crippen MR) is 151 cm³/mol. The molecule has 0 spiro atoms. The molecule has 3 aromatic rings. The van der Waals surface area contributed by atoms with Gasteiger partial charge in [0.1, 0.15) is 5.75 Å². The van der Waals surface area contributed by atoms with Crippen LogP contribution in [0.4, 0.5) is 11.4 Å². The number of hydrogen-bond acceptors (Lipinski definition) is 6. The minimum absolute atomic E-state index is 0.0310. The quantitative estimate of drug-likeness (QED) is 0.348. The Balaban J connectivity index is 1.51. The van der Waals surface area contributed by atoms with E-state index in [4.69, 9.17) is 14.2 Å². The summed E-state index contributed by atoms with van der Waals surface area (Å²) >= 11 is 0. The first-order valence-corrected chi connectivity index (χ1v) is 13.3. The Morgan fingerprint density at radius 2 is 1.47 bits per heavy atom. The van der Waals surface area contributed by atoms with Gasteiger partial charge in [-0.25, -0.2) is 0 Å². The molecule has 2 atom stereocenters. The number of para-hydroxylation sites is 2. The smallest absolute Gasteiger partial charge is 0.163 e. The molecular weight excluding hydrogens is 476 g/mol. The number of carbonyl (C=O) groups is 1. The Morgan fingerprint density at radius 1 is 0.789 bits per heavy atom. The summed E-state index contributed by atoms with van der Waals surface area (Å²) in [5.41, 5.74) is 5.77. The van der Waals surface area contributed by atoms with Gasteiger partial charge in [0.15, 0.2) is 17.3 Å². The molecule has 38 heavy (non-hydrogen) atoms. The van der Waals surface area contributed by atoms with Crippen LogP contribution in [-0.4, -0.2) is 25.1 Å². The second-order valence-corrected chi connectivity index (χ2v) is 10.5. The van der Waals surface area contributed by atoms with Gasteiger partial charge >= 0.3 is 0 Å². The van der Waals surface area contributed by atoms with Crippen molar-refractivity contribution in [2.75, 3.05) is 17.7 Å². The highest BCUT2D eigenvalue weighted by Gasteiger charge is 2.36. The van der Waals surface area contributed by atoms with Gasteiger partial charge in [-0.1, -0.05) is 30.3 Å². The van der Waals surface area contributed by atoms with Crippen molar-refractivity contribution in [1.29, 1.82) is 0 Å². The summed E-state index contributed by atoms with van der Waals surface area (Å²) < 4.78 is 17.4. The molecule has 0 radical (unpaired) electrons. The van der Waals surface area contributed by atoms with Crippen molar-refractivity contribution in [3.8, 4) is 17.2 Å². The maximum Gasteiger partial charge on any atom is 0.163 e. The van der Waals surface area contributed by atoms with Gasteiger partial charge in [0, 0.05) is 17.7 Å². The maximum absolute atomic E-state index is 13.9. The lowest BCUT2D eigenvalue weighted by molar-refractivity contribution is -0.116. The topological polar surface area (TPSA) is 68.8 Å². The zero-order chi connectivity index (χ0) is 26.8. The molecule has 6 nitrogen and oxygen atoms in total. The van der Waals surface area contributed by atoms with E-state index < -0.39 is 0 Å². The van der Waals surface area contributed by atoms with Crippen LogP contribution >= 0.6 is 0 Å². The van der Waals surface area contributed by atoms with Crippen LogP contribution in [0, 0.1) is 0 Å². The molecular formula is C32H36N2O4. The summed E-state index contributed by atoms with van der Waals surface area (Å²) in [7, 11) is 1.65. The van der Waals surface area contributed by atoms with E-state index in [9.17, 15) is 4.79 Å². The van der Waals surface area contributed by atoms with Gasteiger partial charge in [-0.05, 0) is 87.6 Å². The summed E-state index contributed by atoms with van der Waals surface area (Å²) in [6, 6.07) is 21.9. The molecule has 0 bridgehead atoms. The van der Waals surface area contributed by atoms with Crippen molar-refractivity contribution in [2.45, 2.75) is 64.7 Å². The highest BCUT2D eigenvalue weighted by molar-refractivity contribution is 6.01. The Morgan fingerprint density at radius 3 is 2.16 bits per heavy atom. The van der Waals surface area contributed by atoms with E-state index in [2.05, 4.69) is 16.7 Å².